The highest BCUT2D eigenvalue weighted by Crippen LogP contribution is 2.41. The number of ether oxygens (including phenoxy) is 2. The number of anilines is 1. The molecule has 3 aromatic rings. The number of nitrogens with one attached hydrogen (secondary N) is 1. The van der Waals surface area contributed by atoms with Crippen molar-refractivity contribution in [1.82, 2.24) is 4.90 Å². The van der Waals surface area contributed by atoms with Crippen molar-refractivity contribution in [2.75, 3.05) is 26.1 Å². The number of carbonyl (C=O) groups is 1. The van der Waals surface area contributed by atoms with E-state index in [0.29, 0.717) is 30.2 Å². The molecule has 0 aliphatic carbocycles. The Bertz CT molecular complexity index is 1040. The van der Waals surface area contributed by atoms with Gasteiger partial charge in [-0.3, -0.25) is 0 Å². The molecule has 2 amide bonds. The molecule has 0 bridgehead atoms. The number of hydrogen-bond acceptors (Lipinski definition) is 3. The van der Waals surface area contributed by atoms with Crippen LogP contribution in [-0.2, 0) is 6.42 Å². The molecule has 4 rings (SSSR count). The van der Waals surface area contributed by atoms with E-state index in [1.165, 1.54) is 12.1 Å². The lowest BCUT2D eigenvalue weighted by Gasteiger charge is -2.38. The number of halogens is 1. The van der Waals surface area contributed by atoms with Crippen molar-refractivity contribution in [2.45, 2.75) is 12.5 Å². The van der Waals surface area contributed by atoms with Crippen LogP contribution in [0.1, 0.15) is 22.7 Å². The fourth-order valence-corrected chi connectivity index (χ4v) is 3.89. The Balaban J connectivity index is 1.74. The fourth-order valence-electron chi connectivity index (χ4n) is 3.89. The van der Waals surface area contributed by atoms with Crippen molar-refractivity contribution < 1.29 is 18.7 Å². The second kappa shape index (κ2) is 8.45. The van der Waals surface area contributed by atoms with Crippen molar-refractivity contribution in [3.63, 3.8) is 0 Å². The van der Waals surface area contributed by atoms with Gasteiger partial charge < -0.3 is 19.7 Å². The third-order valence-electron chi connectivity index (χ3n) is 5.35. The first kappa shape index (κ1) is 19.8. The van der Waals surface area contributed by atoms with Crippen molar-refractivity contribution in [3.8, 4) is 11.5 Å². The van der Waals surface area contributed by atoms with Gasteiger partial charge in [-0.15, -0.1) is 0 Å². The molecular formula is C24H23FN2O3. The van der Waals surface area contributed by atoms with Gasteiger partial charge in [0.15, 0.2) is 11.5 Å². The molecule has 0 fully saturated rings. The molecule has 3 aromatic carbocycles. The quantitative estimate of drug-likeness (QED) is 0.662. The summed E-state index contributed by atoms with van der Waals surface area (Å²) in [4.78, 5) is 15.0. The third-order valence-corrected chi connectivity index (χ3v) is 5.35. The molecule has 154 valence electrons. The van der Waals surface area contributed by atoms with Crippen LogP contribution in [0.5, 0.6) is 11.5 Å². The molecule has 0 spiro atoms. The molecule has 0 aromatic heterocycles. The Labute approximate surface area is 175 Å². The molecule has 1 atom stereocenters. The van der Waals surface area contributed by atoms with Gasteiger partial charge in [-0.25, -0.2) is 9.18 Å². The van der Waals surface area contributed by atoms with E-state index in [0.717, 1.165) is 16.7 Å². The predicted molar refractivity (Wildman–Crippen MR) is 114 cm³/mol. The van der Waals surface area contributed by atoms with Crippen LogP contribution in [0.3, 0.4) is 0 Å². The van der Waals surface area contributed by atoms with Crippen LogP contribution in [0.15, 0.2) is 66.7 Å². The Morgan fingerprint density at radius 2 is 1.67 bits per heavy atom. The molecular weight excluding hydrogens is 383 g/mol. The summed E-state index contributed by atoms with van der Waals surface area (Å²) >= 11 is 0. The van der Waals surface area contributed by atoms with E-state index in [-0.39, 0.29) is 17.9 Å². The molecule has 1 unspecified atom stereocenters. The average Bonchev–Trinajstić information content (AvgIpc) is 2.79. The number of carbonyl (C=O) groups excluding carboxylic acids is 1. The molecule has 1 aliphatic rings. The highest BCUT2D eigenvalue weighted by molar-refractivity contribution is 5.90. The monoisotopic (exact) mass is 406 g/mol. The van der Waals surface area contributed by atoms with Gasteiger partial charge in [0.25, 0.3) is 0 Å². The number of methoxy groups -OCH3 is 2. The van der Waals surface area contributed by atoms with E-state index in [1.54, 1.807) is 31.3 Å². The van der Waals surface area contributed by atoms with Gasteiger partial charge in [0, 0.05) is 12.2 Å². The highest BCUT2D eigenvalue weighted by Gasteiger charge is 2.33. The van der Waals surface area contributed by atoms with Gasteiger partial charge in [-0.2, -0.15) is 0 Å². The maximum absolute atomic E-state index is 13.2. The summed E-state index contributed by atoms with van der Waals surface area (Å²) in [5, 5.41) is 2.88. The molecule has 1 heterocycles. The molecule has 5 nitrogen and oxygen atoms in total. The highest BCUT2D eigenvalue weighted by atomic mass is 19.1. The molecule has 30 heavy (non-hydrogen) atoms. The number of amides is 2. The van der Waals surface area contributed by atoms with Crippen LogP contribution in [0.2, 0.25) is 0 Å². The smallest absolute Gasteiger partial charge is 0.322 e. The maximum atomic E-state index is 13.2. The van der Waals surface area contributed by atoms with Gasteiger partial charge in [-0.05, 0) is 59.5 Å². The lowest BCUT2D eigenvalue weighted by molar-refractivity contribution is 0.193. The van der Waals surface area contributed by atoms with Gasteiger partial charge in [0.2, 0.25) is 0 Å². The van der Waals surface area contributed by atoms with Gasteiger partial charge >= 0.3 is 6.03 Å². The van der Waals surface area contributed by atoms with E-state index >= 15 is 0 Å². The van der Waals surface area contributed by atoms with Crippen molar-refractivity contribution in [3.05, 3.63) is 89.2 Å². The van der Waals surface area contributed by atoms with Gasteiger partial charge in [-0.1, -0.05) is 30.3 Å². The molecule has 6 heteroatoms. The molecule has 1 aliphatic heterocycles. The normalized spacial score (nSPS) is 15.3. The van der Waals surface area contributed by atoms with E-state index in [4.69, 9.17) is 9.47 Å². The zero-order valence-corrected chi connectivity index (χ0v) is 16.9. The van der Waals surface area contributed by atoms with Crippen molar-refractivity contribution in [2.24, 2.45) is 0 Å². The summed E-state index contributed by atoms with van der Waals surface area (Å²) < 4.78 is 24.2. The number of rotatable bonds is 4. The SMILES string of the molecule is COc1cc2c(cc1OC)C(c1ccccc1)N(C(=O)Nc1ccc(F)cc1)CC2. The predicted octanol–water partition coefficient (Wildman–Crippen LogP) is 5.02. The standard InChI is InChI=1S/C24H23FN2O3/c1-29-21-14-17-12-13-27(24(28)26-19-10-8-18(25)9-11-19)23(16-6-4-3-5-7-16)20(17)15-22(21)30-2/h3-11,14-15,23H,12-13H2,1-2H3,(H,26,28). The number of urea groups is 1. The molecule has 0 saturated heterocycles. The van der Waals surface area contributed by atoms with E-state index in [2.05, 4.69) is 5.32 Å². The summed E-state index contributed by atoms with van der Waals surface area (Å²) in [6.07, 6.45) is 0.690. The number of hydrogen-bond donors (Lipinski definition) is 1. The minimum atomic E-state index is -0.344. The zero-order chi connectivity index (χ0) is 21.1. The van der Waals surface area contributed by atoms with Crippen LogP contribution in [0.4, 0.5) is 14.9 Å². The first-order valence-corrected chi connectivity index (χ1v) is 9.73. The minimum Gasteiger partial charge on any atom is -0.493 e. The van der Waals surface area contributed by atoms with Crippen LogP contribution in [0, 0.1) is 5.82 Å². The van der Waals surface area contributed by atoms with Gasteiger partial charge in [0.05, 0.1) is 20.3 Å². The first-order chi connectivity index (χ1) is 14.6. The van der Waals surface area contributed by atoms with Crippen LogP contribution < -0.4 is 14.8 Å². The summed E-state index contributed by atoms with van der Waals surface area (Å²) in [5.74, 6) is 0.952. The Kier molecular flexibility index (Phi) is 5.57. The molecule has 0 saturated carbocycles. The Morgan fingerprint density at radius 1 is 1.00 bits per heavy atom. The summed E-state index contributed by atoms with van der Waals surface area (Å²) in [5.41, 5.74) is 3.66. The molecule has 1 N–H and O–H groups in total. The van der Waals surface area contributed by atoms with Crippen molar-refractivity contribution in [1.29, 1.82) is 0 Å². The number of fused-ring (bicyclic) bond motifs is 1. The first-order valence-electron chi connectivity index (χ1n) is 9.73. The number of benzene rings is 3. The Hall–Kier alpha value is -3.54. The third kappa shape index (κ3) is 3.81. The van der Waals surface area contributed by atoms with Crippen LogP contribution >= 0.6 is 0 Å². The number of nitrogens with zero attached hydrogens (tertiary/aromatic N) is 1. The summed E-state index contributed by atoms with van der Waals surface area (Å²) in [7, 11) is 3.22. The van der Waals surface area contributed by atoms with E-state index in [1.807, 2.05) is 42.5 Å². The summed E-state index contributed by atoms with van der Waals surface area (Å²) in [6, 6.07) is 19.1. The second-order valence-corrected chi connectivity index (χ2v) is 7.10. The minimum absolute atomic E-state index is 0.240. The summed E-state index contributed by atoms with van der Waals surface area (Å²) in [6.45, 7) is 0.537. The maximum Gasteiger partial charge on any atom is 0.322 e. The second-order valence-electron chi connectivity index (χ2n) is 7.10. The van der Waals surface area contributed by atoms with Crippen LogP contribution in [0.25, 0.3) is 0 Å². The molecule has 0 radical (unpaired) electrons. The fraction of sp³-hybridized carbons (Fsp3) is 0.208. The topological polar surface area (TPSA) is 50.8 Å². The average molecular weight is 406 g/mol. The lowest BCUT2D eigenvalue weighted by atomic mass is 9.88. The van der Waals surface area contributed by atoms with Gasteiger partial charge in [0.1, 0.15) is 5.82 Å². The Morgan fingerprint density at radius 3 is 2.33 bits per heavy atom. The van der Waals surface area contributed by atoms with Crippen molar-refractivity contribution >= 4 is 11.7 Å². The zero-order valence-electron chi connectivity index (χ0n) is 16.9. The van der Waals surface area contributed by atoms with E-state index < -0.39 is 0 Å². The van der Waals surface area contributed by atoms with E-state index in [9.17, 15) is 9.18 Å². The lowest BCUT2D eigenvalue weighted by Crippen LogP contribution is -2.43. The van der Waals surface area contributed by atoms with Crippen LogP contribution in [-0.4, -0.2) is 31.7 Å². The largest absolute Gasteiger partial charge is 0.493 e.